The minimum absolute atomic E-state index is 0.0374. The van der Waals surface area contributed by atoms with Crippen LogP contribution in [0.1, 0.15) is 153 Å². The topological polar surface area (TPSA) is 257 Å². The van der Waals surface area contributed by atoms with Crippen LogP contribution in [0, 0.1) is 77.4 Å². The lowest BCUT2D eigenvalue weighted by Gasteiger charge is -2.58. The Balaban J connectivity index is 0.000000178. The van der Waals surface area contributed by atoms with Gasteiger partial charge in [-0.25, -0.2) is 9.59 Å². The number of nitrogens with zero attached hydrogens (tertiary/aromatic N) is 2. The molecule has 14 atom stereocenters. The first kappa shape index (κ1) is 59.1. The molecule has 0 aliphatic heterocycles. The molecule has 8 aliphatic rings. The van der Waals surface area contributed by atoms with Crippen LogP contribution in [0.5, 0.6) is 0 Å². The summed E-state index contributed by atoms with van der Waals surface area (Å²) >= 11 is 13.7. The number of aromatic carboxylic acids is 1. The highest BCUT2D eigenvalue weighted by molar-refractivity contribution is 6.32. The third kappa shape index (κ3) is 10.2. The summed E-state index contributed by atoms with van der Waals surface area (Å²) in [4.78, 5) is 92.7. The van der Waals surface area contributed by atoms with Crippen molar-refractivity contribution in [3.8, 4) is 0 Å². The van der Waals surface area contributed by atoms with Crippen molar-refractivity contribution in [3.63, 3.8) is 0 Å². The quantitative estimate of drug-likeness (QED) is 0.102. The number of hydrogen-bond acceptors (Lipinski definition) is 14. The van der Waals surface area contributed by atoms with Crippen molar-refractivity contribution in [2.75, 3.05) is 0 Å². The zero-order valence-electron chi connectivity index (χ0n) is 45.9. The molecule has 0 aromatic heterocycles. The van der Waals surface area contributed by atoms with Gasteiger partial charge in [-0.15, -0.1) is 0 Å². The summed E-state index contributed by atoms with van der Waals surface area (Å²) in [6, 6.07) is 10.1. The summed E-state index contributed by atoms with van der Waals surface area (Å²) in [6.07, 6.45) is 16.7. The summed E-state index contributed by atoms with van der Waals surface area (Å²) in [5, 5.41) is 41.0. The lowest BCUT2D eigenvalue weighted by molar-refractivity contribution is -0.385. The van der Waals surface area contributed by atoms with Gasteiger partial charge in [0.2, 0.25) is 0 Å². The Kier molecular flexibility index (Phi) is 16.3. The van der Waals surface area contributed by atoms with Crippen LogP contribution >= 0.6 is 23.2 Å². The van der Waals surface area contributed by atoms with Crippen LogP contribution in [0.3, 0.4) is 0 Å². The van der Waals surface area contributed by atoms with E-state index in [4.69, 9.17) is 42.5 Å². The summed E-state index contributed by atoms with van der Waals surface area (Å²) < 4.78 is 17.4. The van der Waals surface area contributed by atoms with E-state index in [1.807, 2.05) is 12.2 Å². The Morgan fingerprint density at radius 3 is 1.33 bits per heavy atom. The predicted octanol–water partition coefficient (Wildman–Crippen LogP) is 12.2. The lowest BCUT2D eigenvalue weighted by atomic mass is 9.48. The first-order valence-corrected chi connectivity index (χ1v) is 28.0. The molecule has 0 bridgehead atoms. The molecule has 0 amide bonds. The minimum Gasteiger partial charge on any atom is -0.478 e. The number of Topliss-reactive ketones (excluding diaryl/α,β-unsaturated/α-hetero) is 2. The average Bonchev–Trinajstić information content (AvgIpc) is 4.08. The fraction of sp³-hybridized carbons (Fsp3) is 0.567. The number of benzene rings is 2. The number of nitro groups is 2. The number of halogens is 2. The molecule has 2 N–H and O–H groups in total. The van der Waals surface area contributed by atoms with Gasteiger partial charge >= 0.3 is 23.9 Å². The average molecular weight is 1130 g/mol. The number of aliphatic hydroxyl groups is 1. The number of carboxylic acids is 1. The third-order valence-electron chi connectivity index (χ3n) is 20.3. The highest BCUT2D eigenvalue weighted by Gasteiger charge is 2.69. The molecule has 0 spiro atoms. The summed E-state index contributed by atoms with van der Waals surface area (Å²) in [5.74, 6) is -0.992. The van der Waals surface area contributed by atoms with Crippen LogP contribution in [-0.4, -0.2) is 78.9 Å². The molecule has 0 heterocycles. The number of allylic oxidation sites excluding steroid dienone is 6. The Bertz CT molecular complexity index is 2960. The van der Waals surface area contributed by atoms with Crippen LogP contribution in [-0.2, 0) is 33.4 Å². The Labute approximate surface area is 469 Å². The number of nitro benzene ring substituents is 2. The van der Waals surface area contributed by atoms with Gasteiger partial charge in [0, 0.05) is 59.0 Å². The molecule has 0 saturated heterocycles. The fourth-order valence-corrected chi connectivity index (χ4v) is 17.1. The second-order valence-corrected chi connectivity index (χ2v) is 24.9. The molecular formula is C60H70Cl2N2O15. The van der Waals surface area contributed by atoms with Crippen molar-refractivity contribution < 1.29 is 63.0 Å². The lowest BCUT2D eigenvalue weighted by Crippen LogP contribution is -2.58. The first-order chi connectivity index (χ1) is 37.0. The maximum atomic E-state index is 13.0. The smallest absolute Gasteiger partial charge is 0.338 e. The van der Waals surface area contributed by atoms with Crippen molar-refractivity contribution in [1.29, 1.82) is 0 Å². The van der Waals surface area contributed by atoms with E-state index in [0.717, 1.165) is 86.1 Å². The number of ketones is 2. The molecule has 2 aromatic rings. The zero-order valence-corrected chi connectivity index (χ0v) is 47.4. The number of rotatable bonds is 9. The van der Waals surface area contributed by atoms with Crippen LogP contribution in [0.4, 0.5) is 11.4 Å². The maximum Gasteiger partial charge on any atom is 0.338 e. The number of hydrogen-bond donors (Lipinski definition) is 2. The highest BCUT2D eigenvalue weighted by atomic mass is 35.5. The normalized spacial score (nSPS) is 36.3. The molecule has 4 fully saturated rings. The molecule has 0 radical (unpaired) electrons. The Morgan fingerprint density at radius 1 is 0.544 bits per heavy atom. The van der Waals surface area contributed by atoms with Gasteiger partial charge in [0.05, 0.1) is 27.1 Å². The van der Waals surface area contributed by atoms with Gasteiger partial charge in [0.1, 0.15) is 6.10 Å². The van der Waals surface area contributed by atoms with Gasteiger partial charge < -0.3 is 24.4 Å². The summed E-state index contributed by atoms with van der Waals surface area (Å²) in [5.41, 5.74) is -1.03. The monoisotopic (exact) mass is 1130 g/mol. The number of aliphatic hydroxyl groups excluding tert-OH is 1. The number of ether oxygens (including phenoxy) is 3. The molecule has 0 unspecified atom stereocenters. The second kappa shape index (κ2) is 21.8. The van der Waals surface area contributed by atoms with E-state index in [9.17, 15) is 54.1 Å². The number of non-ortho nitro benzene ring substituents is 2. The van der Waals surface area contributed by atoms with Gasteiger partial charge in [-0.05, 0) is 179 Å². The molecule has 2 aromatic carbocycles. The molecule has 10 rings (SSSR count). The first-order valence-electron chi connectivity index (χ1n) is 27.2. The van der Waals surface area contributed by atoms with Crippen LogP contribution in [0.2, 0.25) is 0 Å². The highest BCUT2D eigenvalue weighted by Crippen LogP contribution is 2.70. The largest absolute Gasteiger partial charge is 0.478 e. The molecule has 79 heavy (non-hydrogen) atoms. The van der Waals surface area contributed by atoms with Gasteiger partial charge in [-0.1, -0.05) is 69.1 Å². The van der Waals surface area contributed by atoms with Gasteiger partial charge in [0.15, 0.2) is 22.8 Å². The third-order valence-corrected chi connectivity index (χ3v) is 20.9. The zero-order chi connectivity index (χ0) is 57.9. The Morgan fingerprint density at radius 2 is 0.937 bits per heavy atom. The fourth-order valence-electron chi connectivity index (χ4n) is 16.3. The van der Waals surface area contributed by atoms with Crippen LogP contribution in [0.25, 0.3) is 0 Å². The van der Waals surface area contributed by atoms with Crippen molar-refractivity contribution in [3.05, 3.63) is 125 Å². The molecule has 4 saturated carbocycles. The summed E-state index contributed by atoms with van der Waals surface area (Å²) in [6.45, 7) is 14.7. The Hall–Kier alpha value is -6.04. The summed E-state index contributed by atoms with van der Waals surface area (Å²) in [7, 11) is 0. The van der Waals surface area contributed by atoms with E-state index in [1.165, 1.54) is 57.2 Å². The number of carbonyl (C=O) groups is 6. The number of carbonyl (C=O) groups excluding carboxylic acids is 5. The predicted molar refractivity (Wildman–Crippen MR) is 292 cm³/mol. The van der Waals surface area contributed by atoms with E-state index in [0.29, 0.717) is 36.1 Å². The van der Waals surface area contributed by atoms with E-state index in [1.54, 1.807) is 6.92 Å². The van der Waals surface area contributed by atoms with E-state index >= 15 is 0 Å². The molecule has 8 aliphatic carbocycles. The van der Waals surface area contributed by atoms with Crippen molar-refractivity contribution >= 4 is 70.0 Å². The minimum atomic E-state index is -1.10. The number of carboxylic acid groups (broad SMARTS) is 1. The van der Waals surface area contributed by atoms with Crippen molar-refractivity contribution in [1.82, 2.24) is 0 Å². The second-order valence-electron chi connectivity index (χ2n) is 24.1. The van der Waals surface area contributed by atoms with Crippen molar-refractivity contribution in [2.24, 2.45) is 57.2 Å². The van der Waals surface area contributed by atoms with Crippen LogP contribution in [0.15, 0.2) is 94.0 Å². The number of esters is 3. The standard InChI is InChI=1S/C30H34ClNO7.C23H31ClO4.C7H5NO4/c1-17(33)30(39-18(2)34)14-11-24-22-16-26(31)25-15-21(9-12-28(25,3)23(22)10-13-29(24,30)4)38-27(35)19-5-7-20(8-6-19)32(36)37;1-13(25)23(28-14(2)26)10-7-18-16-12-20(24)19-11-15(27)5-8-21(19,3)17(16)6-9-22(18,23)4;9-7(10)5-1-3-6(4-2-5)8(11)12/h5-8,15-16,21-24H,9-14H2,1-4H3;11-12,15-18,27H,5-10H2,1-4H3;1-4H,(H,9,10)/t21-,22-,23+,24+,28-,29+,30+;15-,16+,17-,18-,21+,22-,23-;/m10./s1. The van der Waals surface area contributed by atoms with Crippen LogP contribution < -0.4 is 0 Å². The SMILES string of the molecule is CC(=O)O[C@]1(C(C)=O)CC[C@H]2[C@@H]3C=C(Cl)C4=C[C@@H](O)CC[C@]4(C)[C@H]3CC[C@@]21C.CC(=O)O[C@]1(C(C)=O)CC[C@H]2[C@@H]3C=C(Cl)C4=C[C@H](OC(=O)c5ccc([N+](=O)[O-])cc5)CC[C@]4(C)[C@H]3CC[C@@]21C.O=C(O)c1ccc([N+](=O)[O-])cc1. The van der Waals surface area contributed by atoms with E-state index < -0.39 is 56.6 Å². The van der Waals surface area contributed by atoms with Gasteiger partial charge in [-0.3, -0.25) is 39.4 Å². The molecule has 19 heteroatoms. The molecular weight excluding hydrogens is 1060 g/mol. The maximum absolute atomic E-state index is 13.0. The van der Waals surface area contributed by atoms with Gasteiger partial charge in [0.25, 0.3) is 11.4 Å². The van der Waals surface area contributed by atoms with E-state index in [-0.39, 0.29) is 80.0 Å². The van der Waals surface area contributed by atoms with Gasteiger partial charge in [-0.2, -0.15) is 0 Å². The number of fused-ring (bicyclic) bond motifs is 10. The molecule has 424 valence electrons. The van der Waals surface area contributed by atoms with E-state index in [2.05, 4.69) is 39.8 Å². The van der Waals surface area contributed by atoms with Crippen molar-refractivity contribution in [2.45, 2.75) is 156 Å². The molecule has 17 nitrogen and oxygen atoms in total.